The van der Waals surface area contributed by atoms with E-state index < -0.39 is 6.03 Å². The first-order valence-corrected chi connectivity index (χ1v) is 11.9. The first-order chi connectivity index (χ1) is 17.9. The van der Waals surface area contributed by atoms with Crippen molar-refractivity contribution in [1.82, 2.24) is 9.80 Å². The molecule has 2 aliphatic rings. The van der Waals surface area contributed by atoms with E-state index in [4.69, 9.17) is 9.47 Å². The molecule has 4 aromatic rings. The lowest BCUT2D eigenvalue weighted by atomic mass is 9.89. The summed E-state index contributed by atoms with van der Waals surface area (Å²) in [5.41, 5.74) is 2.08. The molecule has 37 heavy (non-hydrogen) atoms. The Morgan fingerprint density at radius 2 is 1.73 bits per heavy atom. The largest absolute Gasteiger partial charge is 0.454 e. The topological polar surface area (TPSA) is 100 Å². The zero-order valence-electron chi connectivity index (χ0n) is 20.3. The molecule has 9 heteroatoms. The van der Waals surface area contributed by atoms with Gasteiger partial charge < -0.3 is 25.0 Å². The second kappa shape index (κ2) is 8.79. The predicted octanol–water partition coefficient (Wildman–Crippen LogP) is 4.52. The highest BCUT2D eigenvalue weighted by Crippen LogP contribution is 2.38. The zero-order valence-corrected chi connectivity index (χ0v) is 20.3. The van der Waals surface area contributed by atoms with Crippen molar-refractivity contribution in [1.29, 1.82) is 0 Å². The normalized spacial score (nSPS) is 14.1. The van der Waals surface area contributed by atoms with E-state index in [-0.39, 0.29) is 25.2 Å². The average molecular weight is 497 g/mol. The molecule has 2 heterocycles. The number of fused-ring (bicyclic) bond motifs is 3. The number of carbonyl (C=O) groups is 3. The van der Waals surface area contributed by atoms with Crippen molar-refractivity contribution in [2.24, 2.45) is 0 Å². The van der Waals surface area contributed by atoms with E-state index in [9.17, 15) is 14.4 Å². The highest BCUT2D eigenvalue weighted by molar-refractivity contribution is 6.31. The van der Waals surface area contributed by atoms with E-state index in [1.54, 1.807) is 36.4 Å². The van der Waals surface area contributed by atoms with Crippen molar-refractivity contribution in [3.8, 4) is 11.5 Å². The summed E-state index contributed by atoms with van der Waals surface area (Å²) >= 11 is 0. The maximum absolute atomic E-state index is 13.7. The van der Waals surface area contributed by atoms with E-state index in [0.29, 0.717) is 56.7 Å². The van der Waals surface area contributed by atoms with Crippen LogP contribution in [0.2, 0.25) is 0 Å². The number of rotatable bonds is 5. The number of urea groups is 1. The summed E-state index contributed by atoms with van der Waals surface area (Å²) in [7, 11) is 3.80. The van der Waals surface area contributed by atoms with Gasteiger partial charge in [0.15, 0.2) is 11.5 Å². The zero-order chi connectivity index (χ0) is 25.7. The molecule has 0 atom stereocenters. The molecule has 0 unspecified atom stereocenters. The summed E-state index contributed by atoms with van der Waals surface area (Å²) in [6.07, 6.45) is 0. The molecule has 6 rings (SSSR count). The van der Waals surface area contributed by atoms with E-state index in [1.807, 2.05) is 43.3 Å². The fourth-order valence-electron chi connectivity index (χ4n) is 4.84. The molecule has 9 nitrogen and oxygen atoms in total. The molecular formula is C28H24N4O5. The Bertz CT molecular complexity index is 1610. The standard InChI is InChI=1S/C28H24N4O5/c1-31(2)11-12-32-26(33)19-7-3-5-16-13-20-18(25(24(16)19)27(32)34)6-4-8-21(20)30-28(35)29-17-9-10-22-23(14-17)37-15-36-22/h3-10,13-14H,11-12,15H2,1-2H3,(H2,29,30,35). The summed E-state index contributed by atoms with van der Waals surface area (Å²) in [6.45, 7) is 0.989. The number of amides is 4. The lowest BCUT2D eigenvalue weighted by molar-refractivity contribution is 0.0602. The molecule has 2 N–H and O–H groups in total. The van der Waals surface area contributed by atoms with Crippen LogP contribution in [0.1, 0.15) is 20.7 Å². The Hall–Kier alpha value is -4.63. The lowest BCUT2D eigenvalue weighted by Crippen LogP contribution is -2.43. The van der Waals surface area contributed by atoms with Crippen LogP contribution >= 0.6 is 0 Å². The molecule has 4 aromatic carbocycles. The summed E-state index contributed by atoms with van der Waals surface area (Å²) in [5, 5.41) is 8.50. The highest BCUT2D eigenvalue weighted by atomic mass is 16.7. The maximum atomic E-state index is 13.7. The molecule has 4 amide bonds. The third kappa shape index (κ3) is 3.89. The SMILES string of the molecule is CN(C)CCN1C(=O)c2cccc3cc4c(NC(=O)Nc5ccc6c(c5)OCO6)cccc4c(c23)C1=O. The molecule has 2 aliphatic heterocycles. The second-order valence-corrected chi connectivity index (χ2v) is 9.27. The van der Waals surface area contributed by atoms with Crippen LogP contribution in [0.5, 0.6) is 11.5 Å². The van der Waals surface area contributed by atoms with Crippen molar-refractivity contribution >= 4 is 50.8 Å². The van der Waals surface area contributed by atoms with Crippen molar-refractivity contribution in [3.05, 3.63) is 71.8 Å². The monoisotopic (exact) mass is 496 g/mol. The van der Waals surface area contributed by atoms with Crippen LogP contribution in [-0.2, 0) is 0 Å². The Morgan fingerprint density at radius 3 is 2.57 bits per heavy atom. The van der Waals surface area contributed by atoms with E-state index >= 15 is 0 Å². The minimum Gasteiger partial charge on any atom is -0.454 e. The summed E-state index contributed by atoms with van der Waals surface area (Å²) in [4.78, 5) is 43.0. The third-order valence-corrected chi connectivity index (χ3v) is 6.61. The van der Waals surface area contributed by atoms with Gasteiger partial charge in [-0.1, -0.05) is 24.3 Å². The number of nitrogens with one attached hydrogen (secondary N) is 2. The van der Waals surface area contributed by atoms with Gasteiger partial charge in [0.1, 0.15) is 0 Å². The van der Waals surface area contributed by atoms with Gasteiger partial charge in [-0.3, -0.25) is 14.5 Å². The van der Waals surface area contributed by atoms with Crippen LogP contribution in [0.4, 0.5) is 16.2 Å². The number of hydrogen-bond acceptors (Lipinski definition) is 6. The van der Waals surface area contributed by atoms with Gasteiger partial charge in [0.25, 0.3) is 11.8 Å². The Balaban J connectivity index is 1.39. The molecule has 0 fully saturated rings. The van der Waals surface area contributed by atoms with Crippen molar-refractivity contribution < 1.29 is 23.9 Å². The number of anilines is 2. The summed E-state index contributed by atoms with van der Waals surface area (Å²) in [6, 6.07) is 17.5. The molecule has 0 aliphatic carbocycles. The molecule has 0 bridgehead atoms. The van der Waals surface area contributed by atoms with Gasteiger partial charge in [0.2, 0.25) is 6.79 Å². The highest BCUT2D eigenvalue weighted by Gasteiger charge is 2.34. The van der Waals surface area contributed by atoms with Crippen LogP contribution < -0.4 is 20.1 Å². The number of benzene rings is 4. The minimum atomic E-state index is -0.442. The molecule has 0 saturated heterocycles. The number of carbonyl (C=O) groups excluding carboxylic acids is 3. The molecule has 0 spiro atoms. The predicted molar refractivity (Wildman–Crippen MR) is 141 cm³/mol. The van der Waals surface area contributed by atoms with Crippen molar-refractivity contribution in [2.75, 3.05) is 44.6 Å². The molecule has 0 aromatic heterocycles. The summed E-state index contributed by atoms with van der Waals surface area (Å²) < 4.78 is 10.7. The Labute approximate surface area is 212 Å². The fraction of sp³-hybridized carbons (Fsp3) is 0.179. The number of imide groups is 1. The van der Waals surface area contributed by atoms with Gasteiger partial charge >= 0.3 is 6.03 Å². The number of ether oxygens (including phenoxy) is 2. The Morgan fingerprint density at radius 1 is 0.919 bits per heavy atom. The van der Waals surface area contributed by atoms with Gasteiger partial charge in [-0.25, -0.2) is 4.79 Å². The fourth-order valence-corrected chi connectivity index (χ4v) is 4.84. The number of hydrogen-bond donors (Lipinski definition) is 2. The van der Waals surface area contributed by atoms with Gasteiger partial charge in [-0.05, 0) is 55.2 Å². The molecular weight excluding hydrogens is 472 g/mol. The van der Waals surface area contributed by atoms with Gasteiger partial charge in [-0.15, -0.1) is 0 Å². The second-order valence-electron chi connectivity index (χ2n) is 9.27. The van der Waals surface area contributed by atoms with Crippen LogP contribution in [0.15, 0.2) is 60.7 Å². The summed E-state index contributed by atoms with van der Waals surface area (Å²) in [5.74, 6) is 0.573. The van der Waals surface area contributed by atoms with Gasteiger partial charge in [-0.2, -0.15) is 0 Å². The molecule has 0 radical (unpaired) electrons. The van der Waals surface area contributed by atoms with E-state index in [1.165, 1.54) is 4.90 Å². The van der Waals surface area contributed by atoms with Gasteiger partial charge in [0, 0.05) is 41.2 Å². The minimum absolute atomic E-state index is 0.149. The average Bonchev–Trinajstić information content (AvgIpc) is 3.34. The third-order valence-electron chi connectivity index (χ3n) is 6.61. The first kappa shape index (κ1) is 22.8. The smallest absolute Gasteiger partial charge is 0.323 e. The molecule has 0 saturated carbocycles. The first-order valence-electron chi connectivity index (χ1n) is 11.9. The molecule has 186 valence electrons. The quantitative estimate of drug-likeness (QED) is 0.311. The van der Waals surface area contributed by atoms with Crippen molar-refractivity contribution in [2.45, 2.75) is 0 Å². The number of nitrogens with zero attached hydrogens (tertiary/aromatic N) is 2. The van der Waals surface area contributed by atoms with Gasteiger partial charge in [0.05, 0.1) is 11.3 Å². The van der Waals surface area contributed by atoms with E-state index in [0.717, 1.165) is 5.39 Å². The number of likely N-dealkylation sites (N-methyl/N-ethyl adjacent to an activating group) is 1. The van der Waals surface area contributed by atoms with Crippen LogP contribution in [0, 0.1) is 0 Å². The van der Waals surface area contributed by atoms with Crippen LogP contribution in [0.3, 0.4) is 0 Å². The lowest BCUT2D eigenvalue weighted by Gasteiger charge is -2.29. The van der Waals surface area contributed by atoms with Crippen LogP contribution in [-0.4, -0.2) is 61.6 Å². The van der Waals surface area contributed by atoms with E-state index in [2.05, 4.69) is 10.6 Å². The Kier molecular flexibility index (Phi) is 5.42. The van der Waals surface area contributed by atoms with Crippen molar-refractivity contribution in [3.63, 3.8) is 0 Å². The van der Waals surface area contributed by atoms with Crippen LogP contribution in [0.25, 0.3) is 21.5 Å². The maximum Gasteiger partial charge on any atom is 0.323 e.